The number of carbonyl (C=O) groups is 1. The zero-order chi connectivity index (χ0) is 13.5. The largest absolute Gasteiger partial charge is 0.489 e. The highest BCUT2D eigenvalue weighted by Crippen LogP contribution is 2.19. The number of nitrogens with zero attached hydrogens (tertiary/aromatic N) is 1. The minimum Gasteiger partial charge on any atom is -0.489 e. The van der Waals surface area contributed by atoms with Gasteiger partial charge < -0.3 is 9.64 Å². The Bertz CT molecular complexity index is 390. The van der Waals surface area contributed by atoms with E-state index >= 15 is 0 Å². The lowest BCUT2D eigenvalue weighted by molar-refractivity contribution is -0.128. The Hall–Kier alpha value is -1.51. The summed E-state index contributed by atoms with van der Waals surface area (Å²) in [4.78, 5) is 13.0. The van der Waals surface area contributed by atoms with Crippen molar-refractivity contribution in [2.24, 2.45) is 0 Å². The number of ether oxygens (including phenoxy) is 1. The van der Waals surface area contributed by atoms with Gasteiger partial charge in [-0.2, -0.15) is 0 Å². The van der Waals surface area contributed by atoms with E-state index in [-0.39, 0.29) is 12.0 Å². The van der Waals surface area contributed by atoms with Gasteiger partial charge in [-0.15, -0.1) is 0 Å². The fraction of sp³-hybridized carbons (Fsp3) is 0.533. The van der Waals surface area contributed by atoms with Crippen molar-refractivity contribution < 1.29 is 9.53 Å². The summed E-state index contributed by atoms with van der Waals surface area (Å²) in [6.07, 6.45) is 1.07. The van der Waals surface area contributed by atoms with Crippen LogP contribution in [-0.4, -0.2) is 30.0 Å². The molecule has 0 aromatic heterocycles. The van der Waals surface area contributed by atoms with Crippen molar-refractivity contribution in [2.45, 2.75) is 40.2 Å². The van der Waals surface area contributed by atoms with Crippen LogP contribution in [0.4, 0.5) is 0 Å². The Morgan fingerprint density at radius 3 is 2.67 bits per heavy atom. The molecule has 1 unspecified atom stereocenters. The van der Waals surface area contributed by atoms with Crippen molar-refractivity contribution in [2.75, 3.05) is 13.1 Å². The van der Waals surface area contributed by atoms with Crippen molar-refractivity contribution in [3.8, 4) is 5.75 Å². The summed E-state index contributed by atoms with van der Waals surface area (Å²) < 4.78 is 5.84. The first-order valence-electron chi connectivity index (χ1n) is 6.64. The lowest BCUT2D eigenvalue weighted by atomic mass is 10.2. The van der Waals surface area contributed by atoms with Gasteiger partial charge in [0, 0.05) is 19.9 Å². The maximum Gasteiger partial charge on any atom is 0.219 e. The smallest absolute Gasteiger partial charge is 0.219 e. The quantitative estimate of drug-likeness (QED) is 0.806. The third-order valence-corrected chi connectivity index (χ3v) is 2.88. The lowest BCUT2D eigenvalue weighted by Crippen LogP contribution is -2.28. The number of hydrogen-bond donors (Lipinski definition) is 0. The van der Waals surface area contributed by atoms with E-state index in [9.17, 15) is 4.79 Å². The van der Waals surface area contributed by atoms with Crippen LogP contribution in [0.5, 0.6) is 5.75 Å². The maximum atomic E-state index is 11.2. The van der Waals surface area contributed by atoms with Gasteiger partial charge in [-0.1, -0.05) is 26.0 Å². The van der Waals surface area contributed by atoms with Gasteiger partial charge in [-0.05, 0) is 24.6 Å². The predicted octanol–water partition coefficient (Wildman–Crippen LogP) is 3.02. The molecular weight excluding hydrogens is 226 g/mol. The summed E-state index contributed by atoms with van der Waals surface area (Å²) in [7, 11) is 0. The van der Waals surface area contributed by atoms with Gasteiger partial charge >= 0.3 is 0 Å². The van der Waals surface area contributed by atoms with Crippen molar-refractivity contribution in [3.63, 3.8) is 0 Å². The number of likely N-dealkylation sites (tertiary alicyclic amines) is 1. The molecule has 1 aliphatic rings. The van der Waals surface area contributed by atoms with Gasteiger partial charge in [-0.3, -0.25) is 4.79 Å². The number of hydrogen-bond acceptors (Lipinski definition) is 2. The monoisotopic (exact) mass is 249 g/mol. The molecule has 1 saturated heterocycles. The molecule has 0 radical (unpaired) electrons. The van der Waals surface area contributed by atoms with Gasteiger partial charge in [0.2, 0.25) is 5.91 Å². The first kappa shape index (κ1) is 14.6. The molecule has 18 heavy (non-hydrogen) atoms. The summed E-state index contributed by atoms with van der Waals surface area (Å²) in [5.41, 5.74) is 1.19. The maximum absolute atomic E-state index is 11.2. The summed E-state index contributed by atoms with van der Waals surface area (Å²) >= 11 is 0. The normalized spacial score (nSPS) is 18.0. The van der Waals surface area contributed by atoms with Gasteiger partial charge in [0.15, 0.2) is 0 Å². The van der Waals surface area contributed by atoms with Gasteiger partial charge in [0.1, 0.15) is 11.9 Å². The van der Waals surface area contributed by atoms with Crippen molar-refractivity contribution >= 4 is 5.91 Å². The zero-order valence-electron chi connectivity index (χ0n) is 11.8. The van der Waals surface area contributed by atoms with Crippen LogP contribution in [0.15, 0.2) is 24.3 Å². The van der Waals surface area contributed by atoms with Gasteiger partial charge in [0.05, 0.1) is 6.54 Å². The molecule has 0 spiro atoms. The van der Waals surface area contributed by atoms with E-state index in [1.165, 1.54) is 5.56 Å². The molecule has 0 saturated carbocycles. The average molecular weight is 249 g/mol. The minimum atomic E-state index is 0.135. The van der Waals surface area contributed by atoms with Crippen LogP contribution < -0.4 is 4.74 Å². The summed E-state index contributed by atoms with van der Waals surface area (Å²) in [6, 6.07) is 8.02. The Kier molecular flexibility index (Phi) is 5.69. The second-order valence-corrected chi connectivity index (χ2v) is 4.31. The van der Waals surface area contributed by atoms with Crippen LogP contribution in [0.3, 0.4) is 0 Å². The van der Waals surface area contributed by atoms with Crippen LogP contribution in [0, 0.1) is 6.92 Å². The fourth-order valence-electron chi connectivity index (χ4n) is 1.99. The SMILES string of the molecule is CC.CC(=O)N1CCC(Oc2cccc(C)c2)C1. The second kappa shape index (κ2) is 7.04. The molecule has 1 aromatic carbocycles. The predicted molar refractivity (Wildman–Crippen MR) is 73.8 cm³/mol. The Morgan fingerprint density at radius 2 is 2.11 bits per heavy atom. The van der Waals surface area contributed by atoms with Crippen LogP contribution in [-0.2, 0) is 4.79 Å². The molecule has 1 atom stereocenters. The fourth-order valence-corrected chi connectivity index (χ4v) is 1.99. The Morgan fingerprint density at radius 1 is 1.39 bits per heavy atom. The van der Waals surface area contributed by atoms with Crippen LogP contribution >= 0.6 is 0 Å². The summed E-state index contributed by atoms with van der Waals surface area (Å²) in [6.45, 7) is 9.17. The summed E-state index contributed by atoms with van der Waals surface area (Å²) in [5.74, 6) is 1.03. The molecule has 1 heterocycles. The van der Waals surface area contributed by atoms with Crippen molar-refractivity contribution in [1.29, 1.82) is 0 Å². The van der Waals surface area contributed by atoms with E-state index in [2.05, 4.69) is 0 Å². The molecule has 3 heteroatoms. The highest BCUT2D eigenvalue weighted by Gasteiger charge is 2.25. The van der Waals surface area contributed by atoms with E-state index in [4.69, 9.17) is 4.74 Å². The van der Waals surface area contributed by atoms with E-state index in [0.29, 0.717) is 6.54 Å². The lowest BCUT2D eigenvalue weighted by Gasteiger charge is -2.15. The minimum absolute atomic E-state index is 0.135. The standard InChI is InChI=1S/C13H17NO2.C2H6/c1-10-4-3-5-12(8-10)16-13-6-7-14(9-13)11(2)15;1-2/h3-5,8,13H,6-7,9H2,1-2H3;1-2H3. The molecule has 1 aromatic rings. The number of carbonyl (C=O) groups excluding carboxylic acids is 1. The third kappa shape index (κ3) is 4.06. The van der Waals surface area contributed by atoms with Gasteiger partial charge in [0.25, 0.3) is 0 Å². The molecule has 3 nitrogen and oxygen atoms in total. The molecule has 1 fully saturated rings. The molecular formula is C15H23NO2. The van der Waals surface area contributed by atoms with E-state index in [1.54, 1.807) is 6.92 Å². The van der Waals surface area contributed by atoms with E-state index in [0.717, 1.165) is 18.7 Å². The van der Waals surface area contributed by atoms with E-state index in [1.807, 2.05) is 49.9 Å². The van der Waals surface area contributed by atoms with Crippen LogP contribution in [0.2, 0.25) is 0 Å². The molecule has 0 aliphatic carbocycles. The number of benzene rings is 1. The van der Waals surface area contributed by atoms with Crippen LogP contribution in [0.1, 0.15) is 32.8 Å². The molecule has 0 bridgehead atoms. The molecule has 2 rings (SSSR count). The van der Waals surface area contributed by atoms with E-state index < -0.39 is 0 Å². The molecule has 1 amide bonds. The van der Waals surface area contributed by atoms with Crippen molar-refractivity contribution in [1.82, 2.24) is 4.90 Å². The highest BCUT2D eigenvalue weighted by atomic mass is 16.5. The first-order valence-corrected chi connectivity index (χ1v) is 6.64. The van der Waals surface area contributed by atoms with Crippen molar-refractivity contribution in [3.05, 3.63) is 29.8 Å². The number of rotatable bonds is 2. The molecule has 0 N–H and O–H groups in total. The zero-order valence-corrected chi connectivity index (χ0v) is 11.8. The number of amides is 1. The Balaban J connectivity index is 0.000000771. The third-order valence-electron chi connectivity index (χ3n) is 2.88. The second-order valence-electron chi connectivity index (χ2n) is 4.31. The average Bonchev–Trinajstić information content (AvgIpc) is 2.80. The number of aryl methyl sites for hydroxylation is 1. The summed E-state index contributed by atoms with van der Waals surface area (Å²) in [5, 5.41) is 0. The van der Waals surface area contributed by atoms with Crippen LogP contribution in [0.25, 0.3) is 0 Å². The molecule has 1 aliphatic heterocycles. The van der Waals surface area contributed by atoms with Gasteiger partial charge in [-0.25, -0.2) is 0 Å². The highest BCUT2D eigenvalue weighted by molar-refractivity contribution is 5.73. The topological polar surface area (TPSA) is 29.5 Å². The first-order chi connectivity index (χ1) is 8.65. The molecule has 100 valence electrons. The Labute approximate surface area is 110 Å².